The topological polar surface area (TPSA) is 80.4 Å². The summed E-state index contributed by atoms with van der Waals surface area (Å²) in [4.78, 5) is 0. The zero-order valence-corrected chi connectivity index (χ0v) is 11.5. The number of aliphatic hydroxyl groups excluding tert-OH is 1. The number of rotatable bonds is 6. The Morgan fingerprint density at radius 3 is 2.47 bits per heavy atom. The van der Waals surface area contributed by atoms with E-state index in [0.29, 0.717) is 0 Å². The molecule has 0 fully saturated rings. The third-order valence-electron chi connectivity index (χ3n) is 1.75. The molecule has 0 spiro atoms. The Labute approximate surface area is 107 Å². The van der Waals surface area contributed by atoms with Gasteiger partial charge in [-0.15, -0.1) is 11.8 Å². The van der Waals surface area contributed by atoms with Crippen molar-refractivity contribution in [1.29, 1.82) is 0 Å². The number of sulfonamides is 1. The summed E-state index contributed by atoms with van der Waals surface area (Å²) in [6.07, 6.45) is 11.6. The van der Waals surface area contributed by atoms with E-state index in [4.69, 9.17) is 10.2 Å². The van der Waals surface area contributed by atoms with Crippen LogP contribution in [0, 0.1) is 0 Å². The lowest BCUT2D eigenvalue weighted by atomic mass is 10.2. The minimum atomic E-state index is -3.64. The number of primary sulfonamides is 1. The van der Waals surface area contributed by atoms with Crippen molar-refractivity contribution in [2.45, 2.75) is 6.92 Å². The van der Waals surface area contributed by atoms with E-state index in [2.05, 4.69) is 0 Å². The second-order valence-electron chi connectivity index (χ2n) is 2.97. The Morgan fingerprint density at radius 1 is 1.41 bits per heavy atom. The first kappa shape index (κ1) is 16.2. The van der Waals surface area contributed by atoms with Gasteiger partial charge in [0, 0.05) is 0 Å². The number of allylic oxidation sites excluding steroid dienone is 6. The maximum atomic E-state index is 11.1. The average Bonchev–Trinajstić information content (AvgIpc) is 2.26. The second-order valence-corrected chi connectivity index (χ2v) is 5.60. The van der Waals surface area contributed by atoms with Crippen LogP contribution in [-0.4, -0.2) is 26.4 Å². The van der Waals surface area contributed by atoms with Gasteiger partial charge in [-0.05, 0) is 24.8 Å². The molecule has 0 saturated heterocycles. The fourth-order valence-electron chi connectivity index (χ4n) is 0.954. The first-order valence-electron chi connectivity index (χ1n) is 4.84. The molecule has 3 N–H and O–H groups in total. The number of nitrogens with two attached hydrogens (primary N) is 1. The van der Waals surface area contributed by atoms with Gasteiger partial charge < -0.3 is 5.11 Å². The van der Waals surface area contributed by atoms with Crippen molar-refractivity contribution < 1.29 is 13.5 Å². The van der Waals surface area contributed by atoms with E-state index in [1.165, 1.54) is 6.08 Å². The molecule has 0 aromatic rings. The molecule has 0 aromatic heterocycles. The van der Waals surface area contributed by atoms with Gasteiger partial charge in [-0.25, -0.2) is 13.6 Å². The predicted molar refractivity (Wildman–Crippen MR) is 73.8 cm³/mol. The maximum Gasteiger partial charge on any atom is 0.244 e. The molecule has 0 amide bonds. The molecule has 0 aromatic carbocycles. The molecule has 0 bridgehead atoms. The molecular weight excluding hydrogens is 258 g/mol. The van der Waals surface area contributed by atoms with Crippen molar-refractivity contribution in [3.05, 3.63) is 46.3 Å². The van der Waals surface area contributed by atoms with Crippen LogP contribution < -0.4 is 5.14 Å². The number of hydrogen-bond acceptors (Lipinski definition) is 4. The highest BCUT2D eigenvalue weighted by Crippen LogP contribution is 2.16. The van der Waals surface area contributed by atoms with Gasteiger partial charge in [0.1, 0.15) is 4.24 Å². The van der Waals surface area contributed by atoms with E-state index < -0.39 is 10.0 Å². The van der Waals surface area contributed by atoms with Gasteiger partial charge in [0.15, 0.2) is 0 Å². The number of hydrogen-bond donors (Lipinski definition) is 2. The summed E-state index contributed by atoms with van der Waals surface area (Å²) >= 11 is 1.07. The Kier molecular flexibility index (Phi) is 7.90. The Balaban J connectivity index is 4.84. The molecule has 6 heteroatoms. The fourth-order valence-corrected chi connectivity index (χ4v) is 2.37. The van der Waals surface area contributed by atoms with Gasteiger partial charge in [-0.3, -0.25) is 0 Å². The molecule has 17 heavy (non-hydrogen) atoms. The largest absolute Gasteiger partial charge is 0.392 e. The highest BCUT2D eigenvalue weighted by Gasteiger charge is 2.08. The third-order valence-corrected chi connectivity index (χ3v) is 4.18. The molecule has 0 aliphatic heterocycles. The van der Waals surface area contributed by atoms with Gasteiger partial charge in [0.05, 0.1) is 6.61 Å². The van der Waals surface area contributed by atoms with E-state index in [1.807, 2.05) is 13.0 Å². The lowest BCUT2D eigenvalue weighted by molar-refractivity contribution is 0.342. The Morgan fingerprint density at radius 2 is 2.06 bits per heavy atom. The third kappa shape index (κ3) is 7.17. The minimum Gasteiger partial charge on any atom is -0.392 e. The van der Waals surface area contributed by atoms with E-state index in [-0.39, 0.29) is 10.8 Å². The summed E-state index contributed by atoms with van der Waals surface area (Å²) in [5, 5.41) is 13.6. The zero-order valence-electron chi connectivity index (χ0n) is 9.83. The lowest BCUT2D eigenvalue weighted by Gasteiger charge is -1.97. The van der Waals surface area contributed by atoms with E-state index in [0.717, 1.165) is 17.3 Å². The van der Waals surface area contributed by atoms with E-state index in [9.17, 15) is 8.42 Å². The smallest absolute Gasteiger partial charge is 0.244 e. The van der Waals surface area contributed by atoms with Gasteiger partial charge in [0.25, 0.3) is 0 Å². The van der Waals surface area contributed by atoms with Crippen LogP contribution in [0.3, 0.4) is 0 Å². The normalized spacial score (nSPS) is 15.1. The summed E-state index contributed by atoms with van der Waals surface area (Å²) in [6.45, 7) is 1.81. The van der Waals surface area contributed by atoms with Crippen LogP contribution >= 0.6 is 11.8 Å². The SMILES string of the molecule is C/C=C(\C=C/CO)/C=C/C=C(\SC)S(N)(=O)=O. The number of aliphatic hydroxyl groups is 1. The monoisotopic (exact) mass is 275 g/mol. The standard InChI is InChI=1S/C11H17NO3S2/c1-3-10(7-5-9-13)6-4-8-11(16-2)17(12,14)15/h3-8,13H,9H2,1-2H3,(H2,12,14,15)/b6-4+,7-5-,10-3-,11-8+. The number of thioether (sulfide) groups is 1. The van der Waals surface area contributed by atoms with Crippen LogP contribution in [0.25, 0.3) is 0 Å². The van der Waals surface area contributed by atoms with Crippen molar-refractivity contribution in [3.63, 3.8) is 0 Å². The van der Waals surface area contributed by atoms with Gasteiger partial charge in [-0.2, -0.15) is 0 Å². The first-order valence-corrected chi connectivity index (χ1v) is 7.61. The second kappa shape index (κ2) is 8.30. The summed E-state index contributed by atoms with van der Waals surface area (Å²) in [5.41, 5.74) is 0.866. The Hall–Kier alpha value is -0.820. The van der Waals surface area contributed by atoms with Gasteiger partial charge in [-0.1, -0.05) is 30.4 Å². The summed E-state index contributed by atoms with van der Waals surface area (Å²) < 4.78 is 22.3. The highest BCUT2D eigenvalue weighted by molar-refractivity contribution is 8.17. The summed E-state index contributed by atoms with van der Waals surface area (Å²) in [7, 11) is -3.64. The molecule has 96 valence electrons. The average molecular weight is 275 g/mol. The molecule has 0 saturated carbocycles. The fraction of sp³-hybridized carbons (Fsp3) is 0.273. The highest BCUT2D eigenvalue weighted by atomic mass is 32.3. The molecular formula is C11H17NO3S2. The first-order chi connectivity index (χ1) is 7.95. The van der Waals surface area contributed by atoms with Gasteiger partial charge in [0.2, 0.25) is 10.0 Å². The molecule has 0 unspecified atom stereocenters. The Bertz CT molecular complexity index is 445. The van der Waals surface area contributed by atoms with Crippen LogP contribution in [0.15, 0.2) is 46.3 Å². The van der Waals surface area contributed by atoms with Crippen LogP contribution in [-0.2, 0) is 10.0 Å². The molecule has 4 nitrogen and oxygen atoms in total. The van der Waals surface area contributed by atoms with Crippen LogP contribution in [0.2, 0.25) is 0 Å². The van der Waals surface area contributed by atoms with Crippen molar-refractivity contribution in [1.82, 2.24) is 0 Å². The van der Waals surface area contributed by atoms with Crippen LogP contribution in [0.4, 0.5) is 0 Å². The van der Waals surface area contributed by atoms with Crippen LogP contribution in [0.5, 0.6) is 0 Å². The molecule has 0 aliphatic carbocycles. The molecule has 0 heterocycles. The maximum absolute atomic E-state index is 11.1. The molecule has 0 rings (SSSR count). The lowest BCUT2D eigenvalue weighted by Crippen LogP contribution is -2.12. The molecule has 0 atom stereocenters. The van der Waals surface area contributed by atoms with Crippen molar-refractivity contribution in [2.75, 3.05) is 12.9 Å². The summed E-state index contributed by atoms with van der Waals surface area (Å²) in [6, 6.07) is 0. The van der Waals surface area contributed by atoms with Crippen molar-refractivity contribution in [3.8, 4) is 0 Å². The molecule has 0 aliphatic rings. The summed E-state index contributed by atoms with van der Waals surface area (Å²) in [5.74, 6) is 0. The minimum absolute atomic E-state index is 0.0335. The zero-order chi connectivity index (χ0) is 13.3. The quantitative estimate of drug-likeness (QED) is 0.720. The van der Waals surface area contributed by atoms with E-state index in [1.54, 1.807) is 30.6 Å². The van der Waals surface area contributed by atoms with E-state index >= 15 is 0 Å². The van der Waals surface area contributed by atoms with Gasteiger partial charge >= 0.3 is 0 Å². The van der Waals surface area contributed by atoms with Crippen molar-refractivity contribution in [2.24, 2.45) is 5.14 Å². The van der Waals surface area contributed by atoms with Crippen molar-refractivity contribution >= 4 is 21.8 Å². The molecule has 0 radical (unpaired) electrons. The van der Waals surface area contributed by atoms with Crippen LogP contribution in [0.1, 0.15) is 6.92 Å². The predicted octanol–water partition coefficient (Wildman–Crippen LogP) is 1.53.